The summed E-state index contributed by atoms with van der Waals surface area (Å²) in [7, 11) is 3.22. The van der Waals surface area contributed by atoms with Crippen molar-refractivity contribution in [3.05, 3.63) is 85.2 Å². The Labute approximate surface area is 186 Å². The fourth-order valence-electron chi connectivity index (χ4n) is 3.87. The van der Waals surface area contributed by atoms with Crippen LogP contribution in [-0.2, 0) is 0 Å². The number of hydrogen-bond acceptors (Lipinski definition) is 6. The normalized spacial score (nSPS) is 18.6. The molecule has 1 atom stereocenters. The van der Waals surface area contributed by atoms with Crippen molar-refractivity contribution in [2.24, 2.45) is 15.1 Å². The zero-order valence-electron chi connectivity index (χ0n) is 17.8. The molecule has 7 heteroatoms. The minimum absolute atomic E-state index is 0.101. The van der Waals surface area contributed by atoms with Gasteiger partial charge in [0, 0.05) is 23.4 Å². The van der Waals surface area contributed by atoms with Crippen molar-refractivity contribution >= 4 is 29.4 Å². The molecule has 2 aliphatic rings. The highest BCUT2D eigenvalue weighted by atomic mass is 16.5. The van der Waals surface area contributed by atoms with E-state index >= 15 is 0 Å². The number of benzene rings is 3. The Kier molecular flexibility index (Phi) is 5.01. The number of nitrogens with zero attached hydrogens (tertiary/aromatic N) is 4. The lowest BCUT2D eigenvalue weighted by atomic mass is 10.0. The molecule has 1 N–H and O–H groups in total. The first-order chi connectivity index (χ1) is 15.7. The highest BCUT2D eigenvalue weighted by Crippen LogP contribution is 2.39. The van der Waals surface area contributed by atoms with Gasteiger partial charge in [0.05, 0.1) is 20.4 Å². The zero-order chi connectivity index (χ0) is 22.0. The number of nitrogens with one attached hydrogen (secondary N) is 1. The summed E-state index contributed by atoms with van der Waals surface area (Å²) in [6, 6.07) is 24.1. The molecule has 0 aromatic heterocycles. The van der Waals surface area contributed by atoms with E-state index in [0.29, 0.717) is 23.3 Å². The summed E-state index contributed by atoms with van der Waals surface area (Å²) in [5.41, 5.74) is 3.98. The largest absolute Gasteiger partial charge is 0.493 e. The average molecular weight is 424 g/mol. The van der Waals surface area contributed by atoms with E-state index < -0.39 is 0 Å². The van der Waals surface area contributed by atoms with E-state index in [0.717, 1.165) is 22.5 Å². The number of guanidine groups is 1. The van der Waals surface area contributed by atoms with Gasteiger partial charge in [0.2, 0.25) is 0 Å². The molecule has 0 fully saturated rings. The Balaban J connectivity index is 1.57. The van der Waals surface area contributed by atoms with E-state index in [1.807, 2.05) is 54.7 Å². The maximum Gasteiger partial charge on any atom is 0.287 e. The number of methoxy groups -OCH3 is 2. The van der Waals surface area contributed by atoms with Gasteiger partial charge in [-0.15, -0.1) is 0 Å². The molecule has 0 amide bonds. The summed E-state index contributed by atoms with van der Waals surface area (Å²) in [5, 5.41) is 8.27. The predicted molar refractivity (Wildman–Crippen MR) is 129 cm³/mol. The van der Waals surface area contributed by atoms with Crippen LogP contribution in [0.15, 0.2) is 100 Å². The van der Waals surface area contributed by atoms with Crippen LogP contribution in [0.3, 0.4) is 0 Å². The van der Waals surface area contributed by atoms with Crippen molar-refractivity contribution in [1.82, 2.24) is 4.59 Å². The Bertz CT molecular complexity index is 1280. The Morgan fingerprint density at radius 1 is 0.844 bits per heavy atom. The zero-order valence-corrected chi connectivity index (χ0v) is 17.8. The number of aliphatic imine (C=N–C) groups is 2. The van der Waals surface area contributed by atoms with Crippen LogP contribution in [0.2, 0.25) is 0 Å². The van der Waals surface area contributed by atoms with Crippen LogP contribution < -0.4 is 19.4 Å². The number of rotatable bonds is 5. The van der Waals surface area contributed by atoms with Crippen LogP contribution in [0.1, 0.15) is 0 Å². The lowest BCUT2D eigenvalue weighted by Crippen LogP contribution is -2.44. The van der Waals surface area contributed by atoms with Crippen molar-refractivity contribution in [1.29, 1.82) is 0 Å². The lowest BCUT2D eigenvalue weighted by molar-refractivity contribution is 0.355. The summed E-state index contributed by atoms with van der Waals surface area (Å²) in [6.45, 7) is 0. The highest BCUT2D eigenvalue weighted by molar-refractivity contribution is 6.38. The molecule has 0 saturated carbocycles. The predicted octanol–water partition coefficient (Wildman–Crippen LogP) is 5.03. The SMILES string of the molecule is COc1ccc(NC2=N[N+]3(c4ccccc4-c4ccccc4)C=CN=CC3=N2)cc1OC. The number of para-hydroxylation sites is 1. The fraction of sp³-hybridized carbons (Fsp3) is 0.0800. The van der Waals surface area contributed by atoms with Crippen LogP contribution in [0.5, 0.6) is 11.5 Å². The molecular formula is C25H22N5O2+. The molecule has 0 aliphatic carbocycles. The standard InChI is InChI=1S/C25H22N5O2/c1-31-22-13-12-19(16-23(22)32-2)27-25-28-24-17-26-14-15-30(24,29-25)21-11-7-6-10-20(21)18-8-4-3-5-9-18/h3-17H,1-2H3,(H,27,29)/q+1. The smallest absolute Gasteiger partial charge is 0.287 e. The van der Waals surface area contributed by atoms with E-state index in [2.05, 4.69) is 34.6 Å². The van der Waals surface area contributed by atoms with Gasteiger partial charge in [0.25, 0.3) is 11.8 Å². The molecule has 32 heavy (non-hydrogen) atoms. The van der Waals surface area contributed by atoms with Crippen molar-refractivity contribution in [3.8, 4) is 22.6 Å². The van der Waals surface area contributed by atoms with Gasteiger partial charge in [0.15, 0.2) is 23.4 Å². The molecule has 5 rings (SSSR count). The van der Waals surface area contributed by atoms with Crippen molar-refractivity contribution in [2.75, 3.05) is 19.5 Å². The van der Waals surface area contributed by atoms with Crippen LogP contribution in [0.25, 0.3) is 11.1 Å². The molecule has 0 saturated heterocycles. The molecule has 3 aromatic carbocycles. The topological polar surface area (TPSA) is 67.6 Å². The first-order valence-corrected chi connectivity index (χ1v) is 10.2. The first kappa shape index (κ1) is 19.7. The molecular weight excluding hydrogens is 402 g/mol. The Morgan fingerprint density at radius 3 is 2.44 bits per heavy atom. The van der Waals surface area contributed by atoms with Crippen molar-refractivity contribution in [2.45, 2.75) is 0 Å². The third-order valence-electron chi connectivity index (χ3n) is 5.38. The van der Waals surface area contributed by atoms with Crippen LogP contribution >= 0.6 is 0 Å². The number of fused-ring (bicyclic) bond motifs is 1. The van der Waals surface area contributed by atoms with Crippen LogP contribution in [0.4, 0.5) is 11.4 Å². The molecule has 3 aromatic rings. The van der Waals surface area contributed by atoms with E-state index in [1.54, 1.807) is 26.6 Å². The molecule has 2 heterocycles. The van der Waals surface area contributed by atoms with Gasteiger partial charge in [-0.05, 0) is 28.9 Å². The Morgan fingerprint density at radius 2 is 1.62 bits per heavy atom. The van der Waals surface area contributed by atoms with Crippen molar-refractivity contribution in [3.63, 3.8) is 0 Å². The quantitative estimate of drug-likeness (QED) is 0.584. The summed E-state index contributed by atoms with van der Waals surface area (Å²) < 4.78 is 10.8. The molecule has 1 unspecified atom stereocenters. The summed E-state index contributed by atoms with van der Waals surface area (Å²) in [4.78, 5) is 9.04. The molecule has 7 nitrogen and oxygen atoms in total. The van der Waals surface area contributed by atoms with Gasteiger partial charge in [-0.2, -0.15) is 4.99 Å². The maximum absolute atomic E-state index is 5.41. The monoisotopic (exact) mass is 424 g/mol. The number of quaternary nitrogens is 1. The average Bonchev–Trinajstić information content (AvgIpc) is 3.23. The number of anilines is 1. The molecule has 0 spiro atoms. The van der Waals surface area contributed by atoms with E-state index in [-0.39, 0.29) is 4.59 Å². The van der Waals surface area contributed by atoms with E-state index in [9.17, 15) is 0 Å². The fourth-order valence-corrected chi connectivity index (χ4v) is 3.87. The number of hydrogen-bond donors (Lipinski definition) is 1. The second-order valence-corrected chi connectivity index (χ2v) is 7.23. The molecule has 0 radical (unpaired) electrons. The molecule has 0 bridgehead atoms. The first-order valence-electron chi connectivity index (χ1n) is 10.2. The summed E-state index contributed by atoms with van der Waals surface area (Å²) in [5.74, 6) is 2.47. The highest BCUT2D eigenvalue weighted by Gasteiger charge is 2.44. The molecule has 2 aliphatic heterocycles. The third kappa shape index (κ3) is 3.34. The lowest BCUT2D eigenvalue weighted by Gasteiger charge is -2.26. The van der Waals surface area contributed by atoms with Gasteiger partial charge in [-0.3, -0.25) is 4.99 Å². The third-order valence-corrected chi connectivity index (χ3v) is 5.38. The minimum atomic E-state index is 0.101. The molecule has 158 valence electrons. The number of amidine groups is 1. The maximum atomic E-state index is 5.41. The minimum Gasteiger partial charge on any atom is -0.493 e. The summed E-state index contributed by atoms with van der Waals surface area (Å²) >= 11 is 0. The Hall–Kier alpha value is -4.23. The van der Waals surface area contributed by atoms with Gasteiger partial charge in [0.1, 0.15) is 6.21 Å². The van der Waals surface area contributed by atoms with Gasteiger partial charge < -0.3 is 14.8 Å². The number of ether oxygens (including phenoxy) is 2. The second kappa shape index (κ2) is 8.13. The van der Waals surface area contributed by atoms with Crippen LogP contribution in [-0.4, -0.2) is 32.2 Å². The van der Waals surface area contributed by atoms with Gasteiger partial charge >= 0.3 is 0 Å². The van der Waals surface area contributed by atoms with Crippen molar-refractivity contribution < 1.29 is 9.47 Å². The van der Waals surface area contributed by atoms with Gasteiger partial charge in [-0.25, -0.2) is 0 Å². The van der Waals surface area contributed by atoms with Crippen LogP contribution in [0, 0.1) is 0 Å². The second-order valence-electron chi connectivity index (χ2n) is 7.23. The summed E-state index contributed by atoms with van der Waals surface area (Å²) in [6.07, 6.45) is 5.43. The van der Waals surface area contributed by atoms with Gasteiger partial charge in [-0.1, -0.05) is 47.1 Å². The van der Waals surface area contributed by atoms with E-state index in [1.165, 1.54) is 0 Å². The van der Waals surface area contributed by atoms with E-state index in [4.69, 9.17) is 19.6 Å².